The molecule has 32 heavy (non-hydrogen) atoms. The van der Waals surface area contributed by atoms with E-state index in [1.807, 2.05) is 42.5 Å². The Balaban J connectivity index is 1.55. The molecule has 2 heterocycles. The van der Waals surface area contributed by atoms with Crippen molar-refractivity contribution in [2.45, 2.75) is 39.4 Å². The predicted octanol–water partition coefficient (Wildman–Crippen LogP) is 5.77. The van der Waals surface area contributed by atoms with Crippen molar-refractivity contribution in [1.82, 2.24) is 9.97 Å². The molecule has 0 spiro atoms. The highest BCUT2D eigenvalue weighted by molar-refractivity contribution is 5.55. The van der Waals surface area contributed by atoms with E-state index in [1.54, 1.807) is 6.20 Å². The zero-order chi connectivity index (χ0) is 22.6. The molecule has 1 N–H and O–H groups in total. The number of pyridine rings is 1. The monoisotopic (exact) mass is 428 g/mol. The minimum atomic E-state index is -0.176. The number of rotatable bonds is 8. The third-order valence-electron chi connectivity index (χ3n) is 6.17. The zero-order valence-corrected chi connectivity index (χ0v) is 18.7. The zero-order valence-electron chi connectivity index (χ0n) is 18.7. The topological polar surface area (TPSA) is 68.4 Å². The lowest BCUT2D eigenvalue weighted by Gasteiger charge is -2.35. The summed E-state index contributed by atoms with van der Waals surface area (Å²) in [4.78, 5) is 8.60. The summed E-state index contributed by atoms with van der Waals surface area (Å²) < 4.78 is 11.4. The molecule has 0 aliphatic carbocycles. The van der Waals surface area contributed by atoms with Crippen LogP contribution < -0.4 is 4.74 Å². The number of aliphatic hydroxyl groups excluding tert-OH is 1. The Morgan fingerprint density at radius 1 is 0.938 bits per heavy atom. The number of aliphatic hydroxyl groups is 1. The van der Waals surface area contributed by atoms with Gasteiger partial charge in [0.15, 0.2) is 0 Å². The van der Waals surface area contributed by atoms with Crippen molar-refractivity contribution in [2.24, 2.45) is 5.92 Å². The van der Waals surface area contributed by atoms with E-state index in [2.05, 4.69) is 55.0 Å². The second-order valence-corrected chi connectivity index (χ2v) is 8.37. The molecule has 2 aromatic heterocycles. The van der Waals surface area contributed by atoms with Crippen LogP contribution in [0.4, 0.5) is 0 Å². The van der Waals surface area contributed by atoms with Gasteiger partial charge in [0.05, 0.1) is 12.3 Å². The Hall–Kier alpha value is -3.44. The molecule has 2 aromatic carbocycles. The third kappa shape index (κ3) is 4.43. The molecule has 0 saturated carbocycles. The Morgan fingerprint density at radius 2 is 1.62 bits per heavy atom. The van der Waals surface area contributed by atoms with Crippen LogP contribution in [0.5, 0.6) is 5.75 Å². The number of aromatic nitrogens is 2. The van der Waals surface area contributed by atoms with Crippen molar-refractivity contribution in [3.63, 3.8) is 0 Å². The fourth-order valence-electron chi connectivity index (χ4n) is 3.84. The van der Waals surface area contributed by atoms with Crippen molar-refractivity contribution in [3.05, 3.63) is 102 Å². The van der Waals surface area contributed by atoms with Gasteiger partial charge in [-0.2, -0.15) is 0 Å². The number of hydrogen-bond donors (Lipinski definition) is 1. The van der Waals surface area contributed by atoms with Gasteiger partial charge in [0.25, 0.3) is 0 Å². The van der Waals surface area contributed by atoms with Crippen LogP contribution in [-0.4, -0.2) is 15.1 Å². The summed E-state index contributed by atoms with van der Waals surface area (Å²) in [5.41, 5.74) is 4.59. The lowest BCUT2D eigenvalue weighted by molar-refractivity contribution is 0.276. The van der Waals surface area contributed by atoms with Crippen LogP contribution >= 0.6 is 0 Å². The summed E-state index contributed by atoms with van der Waals surface area (Å²) in [6.45, 7) is 7.06. The number of hydrogen-bond acceptors (Lipinski definition) is 5. The lowest BCUT2D eigenvalue weighted by atomic mass is 9.68. The number of oxazole rings is 1. The van der Waals surface area contributed by atoms with Crippen LogP contribution in [-0.2, 0) is 18.6 Å². The fraction of sp³-hybridized carbons (Fsp3) is 0.259. The first kappa shape index (κ1) is 21.8. The van der Waals surface area contributed by atoms with Crippen LogP contribution in [0.1, 0.15) is 43.3 Å². The summed E-state index contributed by atoms with van der Waals surface area (Å²) in [5, 5.41) is 9.21. The van der Waals surface area contributed by atoms with Crippen molar-refractivity contribution in [1.29, 1.82) is 0 Å². The molecule has 5 heteroatoms. The van der Waals surface area contributed by atoms with E-state index in [9.17, 15) is 5.11 Å². The highest BCUT2D eigenvalue weighted by Gasteiger charge is 2.32. The minimum absolute atomic E-state index is 0.130. The van der Waals surface area contributed by atoms with Crippen LogP contribution in [0.25, 0.3) is 11.5 Å². The van der Waals surface area contributed by atoms with E-state index >= 15 is 0 Å². The van der Waals surface area contributed by atoms with E-state index in [0.717, 1.165) is 17.0 Å². The van der Waals surface area contributed by atoms with E-state index in [1.165, 1.54) is 17.4 Å². The van der Waals surface area contributed by atoms with Gasteiger partial charge in [0, 0.05) is 17.2 Å². The first-order valence-corrected chi connectivity index (χ1v) is 10.8. The first-order valence-electron chi connectivity index (χ1n) is 10.8. The normalized spacial score (nSPS) is 13.2. The van der Waals surface area contributed by atoms with Gasteiger partial charge < -0.3 is 14.3 Å². The predicted molar refractivity (Wildman–Crippen MR) is 124 cm³/mol. The second kappa shape index (κ2) is 9.37. The van der Waals surface area contributed by atoms with Crippen molar-refractivity contribution < 1.29 is 14.3 Å². The molecule has 4 aromatic rings. The molecule has 0 aliphatic heterocycles. The first-order chi connectivity index (χ1) is 15.5. The largest absolute Gasteiger partial charge is 0.487 e. The van der Waals surface area contributed by atoms with Crippen LogP contribution in [0, 0.1) is 5.92 Å². The Morgan fingerprint density at radius 3 is 2.19 bits per heavy atom. The highest BCUT2D eigenvalue weighted by Crippen LogP contribution is 2.40. The molecule has 0 radical (unpaired) electrons. The van der Waals surface area contributed by atoms with E-state index in [4.69, 9.17) is 9.15 Å². The molecule has 0 aliphatic rings. The van der Waals surface area contributed by atoms with Crippen LogP contribution in [0.3, 0.4) is 0 Å². The number of ether oxygens (including phenoxy) is 1. The molecule has 0 bridgehead atoms. The van der Waals surface area contributed by atoms with Gasteiger partial charge in [-0.1, -0.05) is 51.1 Å². The molecule has 4 rings (SSSR count). The van der Waals surface area contributed by atoms with Gasteiger partial charge in [-0.3, -0.25) is 4.98 Å². The van der Waals surface area contributed by atoms with E-state index in [-0.39, 0.29) is 12.0 Å². The van der Waals surface area contributed by atoms with Gasteiger partial charge in [0.1, 0.15) is 24.3 Å². The molecule has 1 unspecified atom stereocenters. The highest BCUT2D eigenvalue weighted by atomic mass is 16.5. The average molecular weight is 429 g/mol. The van der Waals surface area contributed by atoms with Gasteiger partial charge >= 0.3 is 0 Å². The van der Waals surface area contributed by atoms with Gasteiger partial charge in [-0.05, 0) is 53.4 Å². The van der Waals surface area contributed by atoms with Crippen molar-refractivity contribution >= 4 is 0 Å². The average Bonchev–Trinajstić information content (AvgIpc) is 3.33. The SMILES string of the molecule is CC(C)C(C)(c1ccc(OCc2ccccn2)cc1)c1ccc(-c2nc(CO)co2)cc1. The summed E-state index contributed by atoms with van der Waals surface area (Å²) in [5.74, 6) is 1.71. The van der Waals surface area contributed by atoms with E-state index in [0.29, 0.717) is 24.1 Å². The Labute approximate surface area is 188 Å². The maximum atomic E-state index is 9.21. The molecule has 0 amide bonds. The van der Waals surface area contributed by atoms with Crippen molar-refractivity contribution in [2.75, 3.05) is 0 Å². The maximum absolute atomic E-state index is 9.21. The Kier molecular flexibility index (Phi) is 6.37. The summed E-state index contributed by atoms with van der Waals surface area (Å²) >= 11 is 0. The van der Waals surface area contributed by atoms with Gasteiger partial charge in [0.2, 0.25) is 5.89 Å². The summed E-state index contributed by atoms with van der Waals surface area (Å²) in [7, 11) is 0. The number of benzene rings is 2. The quantitative estimate of drug-likeness (QED) is 0.386. The lowest BCUT2D eigenvalue weighted by Crippen LogP contribution is -2.30. The molecule has 5 nitrogen and oxygen atoms in total. The molecule has 1 atom stereocenters. The van der Waals surface area contributed by atoms with Gasteiger partial charge in [-0.15, -0.1) is 0 Å². The molecule has 164 valence electrons. The van der Waals surface area contributed by atoms with Crippen molar-refractivity contribution in [3.8, 4) is 17.2 Å². The molecule has 0 saturated heterocycles. The summed E-state index contributed by atoms with van der Waals surface area (Å²) in [6, 6.07) is 22.4. The smallest absolute Gasteiger partial charge is 0.226 e. The van der Waals surface area contributed by atoms with E-state index < -0.39 is 0 Å². The molecular weight excluding hydrogens is 400 g/mol. The third-order valence-corrected chi connectivity index (χ3v) is 6.17. The molecule has 0 fully saturated rings. The maximum Gasteiger partial charge on any atom is 0.226 e. The fourth-order valence-corrected chi connectivity index (χ4v) is 3.84. The second-order valence-electron chi connectivity index (χ2n) is 8.37. The van der Waals surface area contributed by atoms with Crippen LogP contribution in [0.15, 0.2) is 83.6 Å². The summed E-state index contributed by atoms with van der Waals surface area (Å²) in [6.07, 6.45) is 3.26. The Bertz CT molecular complexity index is 1140. The van der Waals surface area contributed by atoms with Gasteiger partial charge in [-0.25, -0.2) is 4.98 Å². The molecular formula is C27H28N2O3. The minimum Gasteiger partial charge on any atom is -0.487 e. The standard InChI is InChI=1S/C27H28N2O3/c1-19(2)27(3,21-9-7-20(8-10-21)26-29-24(16-30)18-32-26)22-11-13-25(14-12-22)31-17-23-6-4-5-15-28-23/h4-15,18-19,30H,16-17H2,1-3H3. The number of nitrogens with zero attached hydrogens (tertiary/aromatic N) is 2. The van der Waals surface area contributed by atoms with Crippen LogP contribution in [0.2, 0.25) is 0 Å².